The first kappa shape index (κ1) is 42.3. The fourth-order valence-corrected chi connectivity index (χ4v) is 12.0. The number of pyridine rings is 1. The standard InChI is InChI=1S/C74H56N4O2/c1-73(2,3)49-31-33-57-55-22-10-11-23-56(55)64-39-48(47-30-35-69-63(38-47)60-25-13-15-29-68(60)80-69)40-67-72(64)77(71-54(46-18-8-7-9-19-46)26-17-27-61(71)62(57)41-49)45-76(67)51-20-16-21-52(43-51)79-53-32-34-59-58-24-12-14-28-65(58)78(66(59)44-53)70-42-50(36-37-75-70)74(4,5)6/h7-44H,1-6H3/i7D,8D,9D,18D,19D. The highest BCUT2D eigenvalue weighted by Gasteiger charge is 2.29. The van der Waals surface area contributed by atoms with Crippen LogP contribution >= 0.6 is 0 Å². The molecule has 0 atom stereocenters. The van der Waals surface area contributed by atoms with Gasteiger partial charge in [-0.3, -0.25) is 13.7 Å². The molecule has 6 heteroatoms. The Balaban J connectivity index is 1.00. The summed E-state index contributed by atoms with van der Waals surface area (Å²) in [6.07, 6.45) is 5.78. The zero-order valence-corrected chi connectivity index (χ0v) is 45.2. The van der Waals surface area contributed by atoms with Gasteiger partial charge in [-0.2, -0.15) is 0 Å². The number of imidazole rings is 1. The highest BCUT2D eigenvalue weighted by atomic mass is 16.5. The summed E-state index contributed by atoms with van der Waals surface area (Å²) in [6.45, 7) is 13.3. The van der Waals surface area contributed by atoms with Gasteiger partial charge in [-0.05, 0) is 150 Å². The van der Waals surface area contributed by atoms with E-state index in [1.807, 2.05) is 72.9 Å². The molecule has 0 saturated carbocycles. The molecule has 0 saturated heterocycles. The van der Waals surface area contributed by atoms with Crippen molar-refractivity contribution in [2.45, 2.75) is 52.4 Å². The van der Waals surface area contributed by atoms with Crippen molar-refractivity contribution < 1.29 is 20.6 Å². The number of aromatic nitrogens is 4. The Kier molecular flexibility index (Phi) is 9.45. The van der Waals surface area contributed by atoms with Crippen molar-refractivity contribution in [3.63, 3.8) is 0 Å². The molecule has 6 nitrogen and oxygen atoms in total. The van der Waals surface area contributed by atoms with E-state index in [1.165, 1.54) is 5.56 Å². The highest BCUT2D eigenvalue weighted by molar-refractivity contribution is 6.10. The molecule has 1 aliphatic heterocycles. The van der Waals surface area contributed by atoms with E-state index < -0.39 is 18.1 Å². The van der Waals surface area contributed by atoms with E-state index in [0.29, 0.717) is 22.7 Å². The van der Waals surface area contributed by atoms with Gasteiger partial charge in [0.2, 0.25) is 0 Å². The number of benzene rings is 10. The minimum absolute atomic E-state index is 0.0812. The van der Waals surface area contributed by atoms with Gasteiger partial charge < -0.3 is 9.15 Å². The lowest BCUT2D eigenvalue weighted by molar-refractivity contribution is -0.570. The molecule has 0 amide bonds. The molecule has 0 spiro atoms. The van der Waals surface area contributed by atoms with E-state index in [4.69, 9.17) is 18.3 Å². The molecule has 4 aromatic heterocycles. The fourth-order valence-electron chi connectivity index (χ4n) is 12.0. The number of hydrogen-bond acceptors (Lipinski definition) is 3. The van der Waals surface area contributed by atoms with Gasteiger partial charge >= 0.3 is 0 Å². The SMILES string of the molecule is [2H]c1c([2H])c([2H])c(-c2cccc3c2-[n+]2[c-]n(-c4cccc(Oc5ccc6c7ccccc7n(-c7cc(C(C)(C)C)ccn7)c6c5)c4)c4cc(-c5ccc6oc7ccccc7c6c5)cc(c42)-c2ccccc2-c2ccc(C(C)(C)C)cc2-3)c([2H])c1[2H]. The molecule has 0 aliphatic carbocycles. The maximum Gasteiger partial charge on any atom is 0.269 e. The zero-order valence-electron chi connectivity index (χ0n) is 50.2. The van der Waals surface area contributed by atoms with Crippen LogP contribution in [0.15, 0.2) is 235 Å². The quantitative estimate of drug-likeness (QED) is 0.123. The largest absolute Gasteiger partial charge is 0.458 e. The Labute approximate surface area is 472 Å². The van der Waals surface area contributed by atoms with Gasteiger partial charge in [-0.1, -0.05) is 187 Å². The minimum Gasteiger partial charge on any atom is -0.458 e. The van der Waals surface area contributed by atoms with Crippen LogP contribution in [0.5, 0.6) is 11.5 Å². The van der Waals surface area contributed by atoms with Crippen LogP contribution in [0.25, 0.3) is 128 Å². The van der Waals surface area contributed by atoms with Crippen LogP contribution in [0, 0.1) is 6.33 Å². The molecule has 1 aliphatic rings. The summed E-state index contributed by atoms with van der Waals surface area (Å²) in [7, 11) is 0. The van der Waals surface area contributed by atoms with Gasteiger partial charge in [-0.15, -0.1) is 0 Å². The molecule has 0 radical (unpaired) electrons. The lowest BCUT2D eigenvalue weighted by Crippen LogP contribution is -2.32. The van der Waals surface area contributed by atoms with Crippen LogP contribution in [-0.2, 0) is 10.8 Å². The van der Waals surface area contributed by atoms with Crippen molar-refractivity contribution >= 4 is 54.8 Å². The lowest BCUT2D eigenvalue weighted by atomic mass is 9.81. The van der Waals surface area contributed by atoms with Gasteiger partial charge in [0.1, 0.15) is 28.5 Å². The number of hydrogen-bond donors (Lipinski definition) is 0. The third-order valence-corrected chi connectivity index (χ3v) is 16.0. The average Bonchev–Trinajstić information content (AvgIpc) is 1.80. The van der Waals surface area contributed by atoms with Crippen LogP contribution < -0.4 is 9.30 Å². The van der Waals surface area contributed by atoms with E-state index in [0.717, 1.165) is 116 Å². The Morgan fingerprint density at radius 1 is 0.475 bits per heavy atom. The van der Waals surface area contributed by atoms with Crippen LogP contribution in [0.3, 0.4) is 0 Å². The Bertz CT molecular complexity index is 5120. The molecule has 0 fully saturated rings. The number of furan rings is 1. The summed E-state index contributed by atoms with van der Waals surface area (Å²) in [5, 5.41) is 4.23. The van der Waals surface area contributed by atoms with Gasteiger partial charge in [0.15, 0.2) is 0 Å². The van der Waals surface area contributed by atoms with Crippen molar-refractivity contribution in [2.75, 3.05) is 0 Å². The molecular formula is C74H56N4O2. The molecule has 0 unspecified atom stereocenters. The molecule has 384 valence electrons. The summed E-state index contributed by atoms with van der Waals surface area (Å²) in [5.41, 5.74) is 16.7. The third kappa shape index (κ3) is 7.69. The number of fused-ring (bicyclic) bond motifs is 13. The summed E-state index contributed by atoms with van der Waals surface area (Å²) >= 11 is 0. The van der Waals surface area contributed by atoms with Crippen molar-refractivity contribution in [3.05, 3.63) is 248 Å². The van der Waals surface area contributed by atoms with Crippen LogP contribution in [0.4, 0.5) is 0 Å². The molecule has 0 bridgehead atoms. The van der Waals surface area contributed by atoms with Crippen molar-refractivity contribution in [3.8, 4) is 84.3 Å². The smallest absolute Gasteiger partial charge is 0.269 e. The van der Waals surface area contributed by atoms with E-state index in [9.17, 15) is 2.74 Å². The van der Waals surface area contributed by atoms with Crippen LogP contribution in [0.1, 0.15) is 59.5 Å². The maximum atomic E-state index is 9.50. The van der Waals surface area contributed by atoms with Crippen molar-refractivity contribution in [1.82, 2.24) is 14.1 Å². The van der Waals surface area contributed by atoms with E-state index >= 15 is 0 Å². The second-order valence-electron chi connectivity index (χ2n) is 23.0. The van der Waals surface area contributed by atoms with Crippen LogP contribution in [0.2, 0.25) is 0 Å². The summed E-state index contributed by atoms with van der Waals surface area (Å²) in [6, 6.07) is 65.1. The monoisotopic (exact) mass is 1040 g/mol. The van der Waals surface area contributed by atoms with Crippen molar-refractivity contribution in [2.24, 2.45) is 0 Å². The molecular weight excluding hydrogens is 977 g/mol. The second kappa shape index (κ2) is 17.9. The number of ether oxygens (including phenoxy) is 1. The van der Waals surface area contributed by atoms with Crippen molar-refractivity contribution in [1.29, 1.82) is 0 Å². The van der Waals surface area contributed by atoms with Gasteiger partial charge in [-0.25, -0.2) is 4.98 Å². The third-order valence-electron chi connectivity index (χ3n) is 16.0. The topological polar surface area (TPSA) is 49.0 Å². The first-order valence-corrected chi connectivity index (χ1v) is 27.2. The van der Waals surface area contributed by atoms with Gasteiger partial charge in [0, 0.05) is 33.8 Å². The molecule has 80 heavy (non-hydrogen) atoms. The van der Waals surface area contributed by atoms with E-state index in [2.05, 4.69) is 189 Å². The predicted molar refractivity (Wildman–Crippen MR) is 328 cm³/mol. The Hall–Kier alpha value is -9.78. The average molecular weight is 1040 g/mol. The predicted octanol–water partition coefficient (Wildman–Crippen LogP) is 19.1. The van der Waals surface area contributed by atoms with Crippen LogP contribution in [-0.4, -0.2) is 14.1 Å². The minimum atomic E-state index is -0.454. The lowest BCUT2D eigenvalue weighted by Gasteiger charge is -2.24. The molecule has 15 rings (SSSR count). The van der Waals surface area contributed by atoms with Gasteiger partial charge in [0.25, 0.3) is 6.33 Å². The first-order valence-electron chi connectivity index (χ1n) is 29.7. The van der Waals surface area contributed by atoms with Gasteiger partial charge in [0.05, 0.1) is 40.3 Å². The van der Waals surface area contributed by atoms with E-state index in [-0.39, 0.29) is 28.5 Å². The molecule has 5 heterocycles. The number of para-hydroxylation sites is 3. The summed E-state index contributed by atoms with van der Waals surface area (Å²) in [4.78, 5) is 4.92. The Morgan fingerprint density at radius 3 is 2.00 bits per heavy atom. The second-order valence-corrected chi connectivity index (χ2v) is 23.0. The summed E-state index contributed by atoms with van der Waals surface area (Å²) in [5.74, 6) is 2.07. The summed E-state index contributed by atoms with van der Waals surface area (Å²) < 4.78 is 65.3. The zero-order chi connectivity index (χ0) is 58.4. The molecule has 0 N–H and O–H groups in total. The highest BCUT2D eigenvalue weighted by Crippen LogP contribution is 2.48. The number of rotatable bonds is 6. The Morgan fingerprint density at radius 2 is 1.16 bits per heavy atom. The van der Waals surface area contributed by atoms with E-state index in [1.54, 1.807) is 0 Å². The normalized spacial score (nSPS) is 13.2. The molecule has 10 aromatic carbocycles. The maximum absolute atomic E-state index is 9.50. The molecule has 14 aromatic rings. The fraction of sp³-hybridized carbons (Fsp3) is 0.108. The first-order chi connectivity index (χ1) is 41.0. The number of nitrogens with zero attached hydrogens (tertiary/aromatic N) is 4.